The molecule has 3 rings (SSSR count). The Morgan fingerprint density at radius 1 is 1.33 bits per heavy atom. The number of nitrogens with zero attached hydrogens (tertiary/aromatic N) is 5. The van der Waals surface area contributed by atoms with Crippen LogP contribution in [0.25, 0.3) is 10.9 Å². The predicted molar refractivity (Wildman–Crippen MR) is 79.5 cm³/mol. The molecule has 2 aromatic heterocycles. The minimum atomic E-state index is -0.0175. The summed E-state index contributed by atoms with van der Waals surface area (Å²) in [6, 6.07) is 11.6. The van der Waals surface area contributed by atoms with E-state index in [1.165, 1.54) is 0 Å². The minimum absolute atomic E-state index is 0.0175. The number of aryl methyl sites for hydroxylation is 1. The van der Waals surface area contributed by atoms with Crippen molar-refractivity contribution < 1.29 is 0 Å². The van der Waals surface area contributed by atoms with Crippen LogP contribution in [0.1, 0.15) is 24.4 Å². The number of rotatable bonds is 3. The van der Waals surface area contributed by atoms with E-state index >= 15 is 0 Å². The van der Waals surface area contributed by atoms with E-state index < -0.39 is 0 Å². The Morgan fingerprint density at radius 3 is 2.86 bits per heavy atom. The van der Waals surface area contributed by atoms with Gasteiger partial charge < -0.3 is 5.32 Å². The Balaban J connectivity index is 2.01. The third-order valence-corrected chi connectivity index (χ3v) is 3.27. The number of hydrogen-bond acceptors (Lipinski definition) is 5. The van der Waals surface area contributed by atoms with Crippen LogP contribution in [0.3, 0.4) is 0 Å². The van der Waals surface area contributed by atoms with Gasteiger partial charge in [-0.1, -0.05) is 23.4 Å². The van der Waals surface area contributed by atoms with Crippen LogP contribution >= 0.6 is 0 Å². The minimum Gasteiger partial charge on any atom is -0.376 e. The van der Waals surface area contributed by atoms with Gasteiger partial charge in [0.1, 0.15) is 17.5 Å². The fourth-order valence-corrected chi connectivity index (χ4v) is 2.22. The van der Waals surface area contributed by atoms with Crippen LogP contribution in [0.2, 0.25) is 0 Å². The molecule has 0 fully saturated rings. The summed E-state index contributed by atoms with van der Waals surface area (Å²) in [5.74, 6) is 0. The molecule has 1 aromatic carbocycles. The van der Waals surface area contributed by atoms with E-state index in [-0.39, 0.29) is 6.04 Å². The van der Waals surface area contributed by atoms with Crippen LogP contribution in [0.15, 0.2) is 36.5 Å². The Hall–Kier alpha value is -2.94. The second kappa shape index (κ2) is 5.21. The van der Waals surface area contributed by atoms with E-state index in [1.54, 1.807) is 10.7 Å². The number of nitrogens with one attached hydrogen (secondary N) is 1. The second-order valence-electron chi connectivity index (χ2n) is 4.87. The Morgan fingerprint density at radius 2 is 2.14 bits per heavy atom. The first-order valence-electron chi connectivity index (χ1n) is 6.60. The summed E-state index contributed by atoms with van der Waals surface area (Å²) in [7, 11) is 1.83. The molecule has 3 aromatic rings. The van der Waals surface area contributed by atoms with Crippen LogP contribution in [-0.2, 0) is 7.05 Å². The zero-order valence-corrected chi connectivity index (χ0v) is 11.8. The molecule has 104 valence electrons. The van der Waals surface area contributed by atoms with Gasteiger partial charge in [0.2, 0.25) is 0 Å². The summed E-state index contributed by atoms with van der Waals surface area (Å²) in [5.41, 5.74) is 2.90. The van der Waals surface area contributed by atoms with E-state index in [0.29, 0.717) is 5.69 Å². The van der Waals surface area contributed by atoms with Gasteiger partial charge in [-0.05, 0) is 19.1 Å². The van der Waals surface area contributed by atoms with E-state index in [1.807, 2.05) is 44.4 Å². The van der Waals surface area contributed by atoms with Gasteiger partial charge >= 0.3 is 0 Å². The molecule has 0 spiro atoms. The monoisotopic (exact) mass is 278 g/mol. The summed E-state index contributed by atoms with van der Waals surface area (Å²) in [6.45, 7) is 2.01. The summed E-state index contributed by atoms with van der Waals surface area (Å²) in [5, 5.41) is 21.5. The van der Waals surface area contributed by atoms with Crippen molar-refractivity contribution in [3.63, 3.8) is 0 Å². The molecule has 1 unspecified atom stereocenters. The molecular formula is C15H14N6. The quantitative estimate of drug-likeness (QED) is 0.795. The molecule has 21 heavy (non-hydrogen) atoms. The fourth-order valence-electron chi connectivity index (χ4n) is 2.22. The second-order valence-corrected chi connectivity index (χ2v) is 4.87. The van der Waals surface area contributed by atoms with E-state index in [4.69, 9.17) is 5.26 Å². The highest BCUT2D eigenvalue weighted by molar-refractivity contribution is 5.91. The Labute approximate surface area is 122 Å². The molecule has 0 aliphatic carbocycles. The van der Waals surface area contributed by atoms with Crippen LogP contribution in [0.5, 0.6) is 0 Å². The van der Waals surface area contributed by atoms with Gasteiger partial charge in [0, 0.05) is 18.1 Å². The summed E-state index contributed by atoms with van der Waals surface area (Å²) in [6.07, 6.45) is 1.87. The molecule has 0 radical (unpaired) electrons. The highest BCUT2D eigenvalue weighted by atomic mass is 15.4. The van der Waals surface area contributed by atoms with Crippen LogP contribution in [-0.4, -0.2) is 20.0 Å². The highest BCUT2D eigenvalue weighted by Gasteiger charge is 2.12. The van der Waals surface area contributed by atoms with Crippen molar-refractivity contribution in [3.05, 3.63) is 47.9 Å². The van der Waals surface area contributed by atoms with Crippen molar-refractivity contribution in [2.45, 2.75) is 13.0 Å². The molecule has 1 atom stereocenters. The van der Waals surface area contributed by atoms with Crippen molar-refractivity contribution in [3.8, 4) is 6.07 Å². The zero-order chi connectivity index (χ0) is 14.8. The van der Waals surface area contributed by atoms with Crippen LogP contribution < -0.4 is 5.32 Å². The first kappa shape index (κ1) is 13.1. The third-order valence-electron chi connectivity index (χ3n) is 3.27. The van der Waals surface area contributed by atoms with Gasteiger partial charge in [-0.3, -0.25) is 4.68 Å². The number of aromatic nitrogens is 4. The van der Waals surface area contributed by atoms with Gasteiger partial charge in [0.05, 0.1) is 17.8 Å². The number of anilines is 1. The lowest BCUT2D eigenvalue weighted by Gasteiger charge is -2.14. The fraction of sp³-hybridized carbons (Fsp3) is 0.200. The maximum absolute atomic E-state index is 9.11. The third kappa shape index (κ3) is 2.54. The summed E-state index contributed by atoms with van der Waals surface area (Å²) in [4.78, 5) is 4.31. The number of fused-ring (bicyclic) bond motifs is 1. The average molecular weight is 278 g/mol. The van der Waals surface area contributed by atoms with Gasteiger partial charge in [0.15, 0.2) is 0 Å². The lowest BCUT2D eigenvalue weighted by molar-refractivity contribution is 0.711. The van der Waals surface area contributed by atoms with Gasteiger partial charge in [-0.15, -0.1) is 5.10 Å². The molecule has 0 amide bonds. The lowest BCUT2D eigenvalue weighted by Crippen LogP contribution is -2.08. The zero-order valence-electron chi connectivity index (χ0n) is 11.8. The van der Waals surface area contributed by atoms with Gasteiger partial charge in [-0.25, -0.2) is 4.98 Å². The number of nitriles is 1. The van der Waals surface area contributed by atoms with Crippen molar-refractivity contribution >= 4 is 16.6 Å². The number of para-hydroxylation sites is 1. The SMILES string of the molecule is CC(Nc1cc(C#N)nc2ccccc12)c1cn(C)nn1. The van der Waals surface area contributed by atoms with Crippen molar-refractivity contribution in [1.29, 1.82) is 5.26 Å². The predicted octanol–water partition coefficient (Wildman–Crippen LogP) is 2.41. The molecule has 1 N–H and O–H groups in total. The normalized spacial score (nSPS) is 12.0. The Bertz CT molecular complexity index is 830. The van der Waals surface area contributed by atoms with Crippen LogP contribution in [0, 0.1) is 11.3 Å². The largest absolute Gasteiger partial charge is 0.376 e. The molecule has 6 heteroatoms. The van der Waals surface area contributed by atoms with Crippen molar-refractivity contribution in [1.82, 2.24) is 20.0 Å². The smallest absolute Gasteiger partial charge is 0.143 e. The van der Waals surface area contributed by atoms with Crippen molar-refractivity contribution in [2.24, 2.45) is 7.05 Å². The standard InChI is InChI=1S/C15H14N6/c1-10(15-9-21(2)20-19-15)17-14-7-11(8-16)18-13-6-4-3-5-12(13)14/h3-7,9-10H,1-2H3,(H,17,18). The molecule has 0 bridgehead atoms. The molecule has 0 aliphatic rings. The maximum atomic E-state index is 9.11. The number of hydrogen-bond donors (Lipinski definition) is 1. The highest BCUT2D eigenvalue weighted by Crippen LogP contribution is 2.26. The van der Waals surface area contributed by atoms with Crippen LogP contribution in [0.4, 0.5) is 5.69 Å². The van der Waals surface area contributed by atoms with Crippen molar-refractivity contribution in [2.75, 3.05) is 5.32 Å². The summed E-state index contributed by atoms with van der Waals surface area (Å²) < 4.78 is 1.67. The molecule has 0 aliphatic heterocycles. The Kier molecular flexibility index (Phi) is 3.24. The molecule has 6 nitrogen and oxygen atoms in total. The van der Waals surface area contributed by atoms with Gasteiger partial charge in [0.25, 0.3) is 0 Å². The first-order valence-corrected chi connectivity index (χ1v) is 6.60. The van der Waals surface area contributed by atoms with E-state index in [9.17, 15) is 0 Å². The topological polar surface area (TPSA) is 79.4 Å². The molecule has 0 saturated heterocycles. The maximum Gasteiger partial charge on any atom is 0.143 e. The average Bonchev–Trinajstić information content (AvgIpc) is 2.93. The van der Waals surface area contributed by atoms with Gasteiger partial charge in [-0.2, -0.15) is 5.26 Å². The molecule has 2 heterocycles. The first-order chi connectivity index (χ1) is 10.2. The van der Waals surface area contributed by atoms with E-state index in [0.717, 1.165) is 22.3 Å². The van der Waals surface area contributed by atoms with E-state index in [2.05, 4.69) is 26.7 Å². The number of benzene rings is 1. The summed E-state index contributed by atoms with van der Waals surface area (Å²) >= 11 is 0. The number of pyridine rings is 1. The molecular weight excluding hydrogens is 264 g/mol. The molecule has 0 saturated carbocycles. The lowest BCUT2D eigenvalue weighted by atomic mass is 10.1.